The molecule has 2 heterocycles. The van der Waals surface area contributed by atoms with Gasteiger partial charge in [0.1, 0.15) is 6.26 Å². The molecule has 0 aliphatic carbocycles. The van der Waals surface area contributed by atoms with Crippen LogP contribution in [0.2, 0.25) is 0 Å². The smallest absolute Gasteiger partial charge is 0.180 e. The summed E-state index contributed by atoms with van der Waals surface area (Å²) < 4.78 is 10.6. The van der Waals surface area contributed by atoms with Gasteiger partial charge in [-0.2, -0.15) is 0 Å². The van der Waals surface area contributed by atoms with Crippen LogP contribution in [0.5, 0.6) is 0 Å². The monoisotopic (exact) mass is 223 g/mol. The zero-order valence-corrected chi connectivity index (χ0v) is 10.4. The molecular formula is C13H21NO2. The maximum Gasteiger partial charge on any atom is 0.180 e. The van der Waals surface area contributed by atoms with Crippen LogP contribution in [0.4, 0.5) is 0 Å². The Morgan fingerprint density at radius 2 is 2.00 bits per heavy atom. The van der Waals surface area contributed by atoms with E-state index in [0.29, 0.717) is 11.8 Å². The van der Waals surface area contributed by atoms with Gasteiger partial charge in [-0.25, -0.2) is 4.98 Å². The number of oxazole rings is 1. The Bertz CT molecular complexity index is 307. The Hall–Kier alpha value is -0.830. The summed E-state index contributed by atoms with van der Waals surface area (Å²) in [6.07, 6.45) is 5.60. The minimum absolute atomic E-state index is 0.221. The van der Waals surface area contributed by atoms with Crippen molar-refractivity contribution in [1.82, 2.24) is 4.98 Å². The average Bonchev–Trinajstić information content (AvgIpc) is 2.71. The predicted octanol–water partition coefficient (Wildman–Crippen LogP) is 3.23. The summed E-state index contributed by atoms with van der Waals surface area (Å²) >= 11 is 0. The van der Waals surface area contributed by atoms with Crippen molar-refractivity contribution in [3.05, 3.63) is 18.4 Å². The van der Waals surface area contributed by atoms with Gasteiger partial charge < -0.3 is 9.15 Å². The highest BCUT2D eigenvalue weighted by Gasteiger charge is 2.35. The zero-order valence-electron chi connectivity index (χ0n) is 10.4. The van der Waals surface area contributed by atoms with E-state index in [4.69, 9.17) is 9.15 Å². The molecule has 1 aliphatic heterocycles. The number of ether oxygens (including phenoxy) is 1. The molecule has 0 spiro atoms. The van der Waals surface area contributed by atoms with Gasteiger partial charge in [-0.05, 0) is 24.2 Å². The van der Waals surface area contributed by atoms with E-state index in [-0.39, 0.29) is 5.41 Å². The van der Waals surface area contributed by atoms with Crippen molar-refractivity contribution in [3.8, 4) is 0 Å². The van der Waals surface area contributed by atoms with Gasteiger partial charge in [0.2, 0.25) is 0 Å². The molecule has 3 nitrogen and oxygen atoms in total. The second-order valence-corrected chi connectivity index (χ2v) is 5.71. The Morgan fingerprint density at radius 1 is 1.31 bits per heavy atom. The van der Waals surface area contributed by atoms with Crippen LogP contribution in [0, 0.1) is 11.3 Å². The SMILES string of the molecule is CC(C)(C)C(c1cocn1)C1CCOCC1. The number of hydrogen-bond donors (Lipinski definition) is 0. The molecule has 90 valence electrons. The summed E-state index contributed by atoms with van der Waals surface area (Å²) in [6, 6.07) is 0. The van der Waals surface area contributed by atoms with Crippen molar-refractivity contribution in [2.45, 2.75) is 39.5 Å². The van der Waals surface area contributed by atoms with Crippen LogP contribution in [-0.2, 0) is 4.74 Å². The van der Waals surface area contributed by atoms with Crippen LogP contribution >= 0.6 is 0 Å². The van der Waals surface area contributed by atoms with Gasteiger partial charge in [0.25, 0.3) is 0 Å². The molecule has 16 heavy (non-hydrogen) atoms. The molecule has 0 N–H and O–H groups in total. The second kappa shape index (κ2) is 4.58. The molecule has 3 heteroatoms. The van der Waals surface area contributed by atoms with Crippen LogP contribution in [0.3, 0.4) is 0 Å². The van der Waals surface area contributed by atoms with Crippen LogP contribution < -0.4 is 0 Å². The van der Waals surface area contributed by atoms with E-state index >= 15 is 0 Å². The molecule has 2 rings (SSSR count). The van der Waals surface area contributed by atoms with E-state index in [2.05, 4.69) is 25.8 Å². The molecule has 0 radical (unpaired) electrons. The molecule has 0 bridgehead atoms. The normalized spacial score (nSPS) is 20.9. The average molecular weight is 223 g/mol. The Balaban J connectivity index is 2.21. The fourth-order valence-electron chi connectivity index (χ4n) is 2.82. The van der Waals surface area contributed by atoms with Gasteiger partial charge in [-0.3, -0.25) is 0 Å². The summed E-state index contributed by atoms with van der Waals surface area (Å²) in [5, 5.41) is 0. The Morgan fingerprint density at radius 3 is 2.50 bits per heavy atom. The molecular weight excluding hydrogens is 202 g/mol. The van der Waals surface area contributed by atoms with E-state index in [9.17, 15) is 0 Å². The van der Waals surface area contributed by atoms with Gasteiger partial charge in [-0.15, -0.1) is 0 Å². The second-order valence-electron chi connectivity index (χ2n) is 5.71. The van der Waals surface area contributed by atoms with Gasteiger partial charge in [0.05, 0.1) is 5.69 Å². The quantitative estimate of drug-likeness (QED) is 0.772. The first-order valence-electron chi connectivity index (χ1n) is 6.05. The van der Waals surface area contributed by atoms with Crippen molar-refractivity contribution in [3.63, 3.8) is 0 Å². The summed E-state index contributed by atoms with van der Waals surface area (Å²) in [6.45, 7) is 8.61. The lowest BCUT2D eigenvalue weighted by molar-refractivity contribution is 0.0411. The highest BCUT2D eigenvalue weighted by molar-refractivity contribution is 5.08. The summed E-state index contributed by atoms with van der Waals surface area (Å²) in [5.74, 6) is 1.13. The molecule has 0 saturated carbocycles. The van der Waals surface area contributed by atoms with Crippen molar-refractivity contribution in [2.75, 3.05) is 13.2 Å². The highest BCUT2D eigenvalue weighted by Crippen LogP contribution is 2.43. The van der Waals surface area contributed by atoms with Crippen LogP contribution in [0.1, 0.15) is 45.2 Å². The third-order valence-electron chi connectivity index (χ3n) is 3.44. The van der Waals surface area contributed by atoms with E-state index in [1.165, 1.54) is 6.39 Å². The van der Waals surface area contributed by atoms with Crippen molar-refractivity contribution >= 4 is 0 Å². The maximum atomic E-state index is 5.44. The van der Waals surface area contributed by atoms with Crippen molar-refractivity contribution < 1.29 is 9.15 Å². The lowest BCUT2D eigenvalue weighted by atomic mass is 9.69. The fourth-order valence-corrected chi connectivity index (χ4v) is 2.82. The third-order valence-corrected chi connectivity index (χ3v) is 3.44. The lowest BCUT2D eigenvalue weighted by Crippen LogP contribution is -2.30. The number of aromatic nitrogens is 1. The zero-order chi connectivity index (χ0) is 11.6. The molecule has 1 saturated heterocycles. The Kier molecular flexibility index (Phi) is 3.33. The Labute approximate surface area is 97.2 Å². The molecule has 1 aromatic heterocycles. The summed E-state index contributed by atoms with van der Waals surface area (Å²) in [5.41, 5.74) is 1.32. The van der Waals surface area contributed by atoms with E-state index in [1.54, 1.807) is 6.26 Å². The predicted molar refractivity (Wildman–Crippen MR) is 62.2 cm³/mol. The lowest BCUT2D eigenvalue weighted by Gasteiger charge is -2.37. The topological polar surface area (TPSA) is 35.3 Å². The largest absolute Gasteiger partial charge is 0.451 e. The van der Waals surface area contributed by atoms with Gasteiger partial charge in [0.15, 0.2) is 6.39 Å². The van der Waals surface area contributed by atoms with Crippen molar-refractivity contribution in [1.29, 1.82) is 0 Å². The highest BCUT2D eigenvalue weighted by atomic mass is 16.5. The molecule has 0 amide bonds. The van der Waals surface area contributed by atoms with Crippen molar-refractivity contribution in [2.24, 2.45) is 11.3 Å². The first-order chi connectivity index (χ1) is 7.59. The molecule has 1 aromatic rings. The number of hydrogen-bond acceptors (Lipinski definition) is 3. The van der Waals surface area contributed by atoms with Gasteiger partial charge >= 0.3 is 0 Å². The molecule has 1 unspecified atom stereocenters. The molecule has 1 atom stereocenters. The summed E-state index contributed by atoms with van der Waals surface area (Å²) in [7, 11) is 0. The maximum absolute atomic E-state index is 5.44. The fraction of sp³-hybridized carbons (Fsp3) is 0.769. The first-order valence-corrected chi connectivity index (χ1v) is 6.05. The van der Waals surface area contributed by atoms with Crippen LogP contribution in [-0.4, -0.2) is 18.2 Å². The number of nitrogens with zero attached hydrogens (tertiary/aromatic N) is 1. The van der Waals surface area contributed by atoms with E-state index in [1.807, 2.05) is 0 Å². The minimum Gasteiger partial charge on any atom is -0.451 e. The van der Waals surface area contributed by atoms with Crippen LogP contribution in [0.15, 0.2) is 17.1 Å². The minimum atomic E-state index is 0.221. The van der Waals surface area contributed by atoms with E-state index in [0.717, 1.165) is 31.7 Å². The van der Waals surface area contributed by atoms with E-state index < -0.39 is 0 Å². The molecule has 1 fully saturated rings. The van der Waals surface area contributed by atoms with Crippen LogP contribution in [0.25, 0.3) is 0 Å². The third kappa shape index (κ3) is 2.46. The standard InChI is InChI=1S/C13H21NO2/c1-13(2,3)12(11-8-16-9-14-11)10-4-6-15-7-5-10/h8-10,12H,4-7H2,1-3H3. The molecule has 0 aromatic carbocycles. The first kappa shape index (κ1) is 11.6. The van der Waals surface area contributed by atoms with Gasteiger partial charge in [-0.1, -0.05) is 20.8 Å². The molecule has 1 aliphatic rings. The summed E-state index contributed by atoms with van der Waals surface area (Å²) in [4.78, 5) is 4.35. The van der Waals surface area contributed by atoms with Gasteiger partial charge in [0, 0.05) is 19.1 Å². The number of rotatable bonds is 2.